The summed E-state index contributed by atoms with van der Waals surface area (Å²) in [6, 6.07) is 6.11. The number of hydrogen-bond donors (Lipinski definition) is 2. The molecule has 3 N–H and O–H groups in total. The zero-order valence-electron chi connectivity index (χ0n) is 11.6. The minimum Gasteiger partial charge on any atom is -0.492 e. The molecular formula is C15H24N2O2. The third kappa shape index (κ3) is 3.32. The lowest BCUT2D eigenvalue weighted by Crippen LogP contribution is -2.37. The quantitative estimate of drug-likeness (QED) is 0.820. The van der Waals surface area contributed by atoms with Gasteiger partial charge in [0.25, 0.3) is 0 Å². The van der Waals surface area contributed by atoms with E-state index in [0.717, 1.165) is 24.4 Å². The molecule has 1 aliphatic heterocycles. The molecule has 0 radical (unpaired) electrons. The van der Waals surface area contributed by atoms with Crippen LogP contribution in [0.4, 0.5) is 11.4 Å². The summed E-state index contributed by atoms with van der Waals surface area (Å²) < 4.78 is 5.55. The average molecular weight is 264 g/mol. The molecule has 1 saturated heterocycles. The average Bonchev–Trinajstić information content (AvgIpc) is 2.66. The lowest BCUT2D eigenvalue weighted by molar-refractivity contribution is 0.255. The van der Waals surface area contributed by atoms with Crippen molar-refractivity contribution in [1.29, 1.82) is 0 Å². The Morgan fingerprint density at radius 3 is 2.95 bits per heavy atom. The van der Waals surface area contributed by atoms with Crippen molar-refractivity contribution in [1.82, 2.24) is 0 Å². The fraction of sp³-hybridized carbons (Fsp3) is 0.600. The van der Waals surface area contributed by atoms with Crippen LogP contribution in [0.1, 0.15) is 32.6 Å². The third-order valence-corrected chi connectivity index (χ3v) is 3.72. The Balaban J connectivity index is 2.25. The van der Waals surface area contributed by atoms with Crippen molar-refractivity contribution in [3.05, 3.63) is 18.2 Å². The molecule has 1 fully saturated rings. The summed E-state index contributed by atoms with van der Waals surface area (Å²) in [4.78, 5) is 2.29. The standard InChI is InChI=1S/C15H24N2O2/c1-2-19-15-10-12(7-8-14(15)16)17-9-5-3-4-6-13(17)11-18/h7-8,10,13,18H,2-6,9,11,16H2,1H3. The van der Waals surface area contributed by atoms with Crippen LogP contribution in [0, 0.1) is 0 Å². The van der Waals surface area contributed by atoms with Crippen molar-refractivity contribution in [3.63, 3.8) is 0 Å². The molecule has 0 bridgehead atoms. The Morgan fingerprint density at radius 2 is 2.21 bits per heavy atom. The second-order valence-corrected chi connectivity index (χ2v) is 5.03. The molecule has 0 aliphatic carbocycles. The molecule has 1 atom stereocenters. The smallest absolute Gasteiger partial charge is 0.144 e. The van der Waals surface area contributed by atoms with Crippen molar-refractivity contribution >= 4 is 11.4 Å². The molecule has 1 unspecified atom stereocenters. The Kier molecular flexibility index (Phi) is 4.91. The number of ether oxygens (including phenoxy) is 1. The number of nitrogens with zero attached hydrogens (tertiary/aromatic N) is 1. The molecule has 0 aromatic heterocycles. The molecule has 1 aromatic carbocycles. The maximum Gasteiger partial charge on any atom is 0.144 e. The van der Waals surface area contributed by atoms with E-state index in [9.17, 15) is 5.11 Å². The Morgan fingerprint density at radius 1 is 1.37 bits per heavy atom. The molecule has 4 nitrogen and oxygen atoms in total. The van der Waals surface area contributed by atoms with Crippen molar-refractivity contribution in [2.75, 3.05) is 30.4 Å². The molecule has 0 spiro atoms. The van der Waals surface area contributed by atoms with Crippen LogP contribution in [0.3, 0.4) is 0 Å². The van der Waals surface area contributed by atoms with Crippen molar-refractivity contribution in [2.24, 2.45) is 0 Å². The minimum absolute atomic E-state index is 0.203. The van der Waals surface area contributed by atoms with Gasteiger partial charge in [-0.2, -0.15) is 0 Å². The van der Waals surface area contributed by atoms with Crippen molar-refractivity contribution in [2.45, 2.75) is 38.6 Å². The number of aliphatic hydroxyl groups is 1. The fourth-order valence-electron chi connectivity index (χ4n) is 2.69. The van der Waals surface area contributed by atoms with Gasteiger partial charge in [0.1, 0.15) is 5.75 Å². The Bertz CT molecular complexity index is 409. The first-order valence-corrected chi connectivity index (χ1v) is 7.16. The monoisotopic (exact) mass is 264 g/mol. The highest BCUT2D eigenvalue weighted by atomic mass is 16.5. The van der Waals surface area contributed by atoms with Gasteiger partial charge in [-0.15, -0.1) is 0 Å². The molecular weight excluding hydrogens is 240 g/mol. The highest BCUT2D eigenvalue weighted by Gasteiger charge is 2.21. The maximum absolute atomic E-state index is 9.58. The van der Waals surface area contributed by atoms with E-state index in [2.05, 4.69) is 4.90 Å². The van der Waals surface area contributed by atoms with Gasteiger partial charge < -0.3 is 20.5 Å². The van der Waals surface area contributed by atoms with E-state index in [0.29, 0.717) is 12.3 Å². The summed E-state index contributed by atoms with van der Waals surface area (Å²) in [5.41, 5.74) is 7.67. The summed E-state index contributed by atoms with van der Waals surface area (Å²) in [5, 5.41) is 9.58. The van der Waals surface area contributed by atoms with E-state index in [1.54, 1.807) is 0 Å². The van der Waals surface area contributed by atoms with E-state index in [-0.39, 0.29) is 12.6 Å². The molecule has 106 valence electrons. The maximum atomic E-state index is 9.58. The molecule has 1 aromatic rings. The largest absolute Gasteiger partial charge is 0.492 e. The normalized spacial score (nSPS) is 20.1. The van der Waals surface area contributed by atoms with E-state index in [4.69, 9.17) is 10.5 Å². The minimum atomic E-state index is 0.203. The van der Waals surface area contributed by atoms with Crippen LogP contribution in [0.15, 0.2) is 18.2 Å². The van der Waals surface area contributed by atoms with Crippen LogP contribution < -0.4 is 15.4 Å². The van der Waals surface area contributed by atoms with E-state index >= 15 is 0 Å². The molecule has 19 heavy (non-hydrogen) atoms. The first-order valence-electron chi connectivity index (χ1n) is 7.16. The van der Waals surface area contributed by atoms with Crippen LogP contribution in [-0.2, 0) is 0 Å². The van der Waals surface area contributed by atoms with Crippen LogP contribution in [-0.4, -0.2) is 30.9 Å². The summed E-state index contributed by atoms with van der Waals surface area (Å²) in [6.45, 7) is 3.75. The molecule has 1 heterocycles. The summed E-state index contributed by atoms with van der Waals surface area (Å²) in [7, 11) is 0. The lowest BCUT2D eigenvalue weighted by atomic mass is 10.1. The van der Waals surface area contributed by atoms with Gasteiger partial charge in [-0.25, -0.2) is 0 Å². The third-order valence-electron chi connectivity index (χ3n) is 3.72. The van der Waals surface area contributed by atoms with Crippen LogP contribution in [0.5, 0.6) is 5.75 Å². The number of anilines is 2. The predicted molar refractivity (Wildman–Crippen MR) is 78.7 cm³/mol. The van der Waals surface area contributed by atoms with Gasteiger partial charge in [-0.05, 0) is 31.9 Å². The number of nitrogens with two attached hydrogens (primary N) is 1. The Labute approximate surface area is 115 Å². The molecule has 0 amide bonds. The summed E-state index contributed by atoms with van der Waals surface area (Å²) >= 11 is 0. The van der Waals surface area contributed by atoms with Crippen LogP contribution in [0.25, 0.3) is 0 Å². The summed E-state index contributed by atoms with van der Waals surface area (Å²) in [5.74, 6) is 0.737. The molecule has 2 rings (SSSR count). The molecule has 0 saturated carbocycles. The van der Waals surface area contributed by atoms with Crippen molar-refractivity contribution < 1.29 is 9.84 Å². The zero-order chi connectivity index (χ0) is 13.7. The number of hydrogen-bond acceptors (Lipinski definition) is 4. The summed E-state index contributed by atoms with van der Waals surface area (Å²) in [6.07, 6.45) is 4.64. The lowest BCUT2D eigenvalue weighted by Gasteiger charge is -2.31. The number of benzene rings is 1. The molecule has 4 heteroatoms. The van der Waals surface area contributed by atoms with Crippen LogP contribution >= 0.6 is 0 Å². The van der Waals surface area contributed by atoms with Crippen LogP contribution in [0.2, 0.25) is 0 Å². The number of aliphatic hydroxyl groups excluding tert-OH is 1. The Hall–Kier alpha value is -1.42. The van der Waals surface area contributed by atoms with Crippen molar-refractivity contribution in [3.8, 4) is 5.75 Å². The topological polar surface area (TPSA) is 58.7 Å². The first-order chi connectivity index (χ1) is 9.26. The van der Waals surface area contributed by atoms with Gasteiger partial charge >= 0.3 is 0 Å². The second kappa shape index (κ2) is 6.66. The van der Waals surface area contributed by atoms with Gasteiger partial charge in [0, 0.05) is 18.3 Å². The van der Waals surface area contributed by atoms with Gasteiger partial charge in [-0.3, -0.25) is 0 Å². The van der Waals surface area contributed by atoms with Gasteiger partial charge in [0.15, 0.2) is 0 Å². The number of nitrogen functional groups attached to an aromatic ring is 1. The number of rotatable bonds is 4. The van der Waals surface area contributed by atoms with Gasteiger partial charge in [0.2, 0.25) is 0 Å². The van der Waals surface area contributed by atoms with Gasteiger partial charge in [-0.1, -0.05) is 12.8 Å². The van der Waals surface area contributed by atoms with E-state index in [1.807, 2.05) is 25.1 Å². The highest BCUT2D eigenvalue weighted by molar-refractivity contribution is 5.62. The van der Waals surface area contributed by atoms with Gasteiger partial charge in [0.05, 0.1) is 24.9 Å². The second-order valence-electron chi connectivity index (χ2n) is 5.03. The van der Waals surface area contributed by atoms with E-state index in [1.165, 1.54) is 19.3 Å². The highest BCUT2D eigenvalue weighted by Crippen LogP contribution is 2.31. The fourth-order valence-corrected chi connectivity index (χ4v) is 2.69. The van der Waals surface area contributed by atoms with E-state index < -0.39 is 0 Å². The SMILES string of the molecule is CCOc1cc(N2CCCCCC2CO)ccc1N. The predicted octanol–water partition coefficient (Wildman–Crippen LogP) is 2.41. The molecule has 1 aliphatic rings. The first kappa shape index (κ1) is 14.0. The zero-order valence-corrected chi connectivity index (χ0v) is 11.6.